The average molecular weight is 247 g/mol. The third-order valence-corrected chi connectivity index (χ3v) is 2.31. The summed E-state index contributed by atoms with van der Waals surface area (Å²) in [5, 5.41) is 7.28. The van der Waals surface area contributed by atoms with E-state index in [1.165, 1.54) is 0 Å². The monoisotopic (exact) mass is 247 g/mol. The van der Waals surface area contributed by atoms with Crippen molar-refractivity contribution in [2.45, 2.75) is 20.4 Å². The molecule has 0 spiro atoms. The largest absolute Gasteiger partial charge is 0.478 e. The molecular weight excluding hydrogens is 230 g/mol. The van der Waals surface area contributed by atoms with Crippen LogP contribution >= 0.6 is 0 Å². The SMILES string of the molecule is CCOc1cc(C)nc(NCCn2cccn2)n1. The molecule has 0 fully saturated rings. The van der Waals surface area contributed by atoms with Gasteiger partial charge in [-0.05, 0) is 19.9 Å². The fourth-order valence-electron chi connectivity index (χ4n) is 1.56. The van der Waals surface area contributed by atoms with Gasteiger partial charge in [-0.25, -0.2) is 4.98 Å². The Labute approximate surface area is 106 Å². The van der Waals surface area contributed by atoms with E-state index in [1.54, 1.807) is 6.20 Å². The first-order valence-corrected chi connectivity index (χ1v) is 5.97. The van der Waals surface area contributed by atoms with Crippen LogP contribution in [-0.4, -0.2) is 32.9 Å². The van der Waals surface area contributed by atoms with E-state index in [1.807, 2.05) is 36.9 Å². The predicted octanol–water partition coefficient (Wildman–Crippen LogP) is 1.49. The maximum Gasteiger partial charge on any atom is 0.226 e. The van der Waals surface area contributed by atoms with Crippen molar-refractivity contribution in [2.24, 2.45) is 0 Å². The molecule has 0 saturated carbocycles. The molecular formula is C12H17N5O. The molecule has 96 valence electrons. The first kappa shape index (κ1) is 12.3. The van der Waals surface area contributed by atoms with E-state index in [0.29, 0.717) is 18.4 Å². The highest BCUT2D eigenvalue weighted by Gasteiger charge is 2.02. The Hall–Kier alpha value is -2.11. The molecule has 1 N–H and O–H groups in total. The van der Waals surface area contributed by atoms with Gasteiger partial charge in [0.05, 0.1) is 13.2 Å². The fraction of sp³-hybridized carbons (Fsp3) is 0.417. The topological polar surface area (TPSA) is 64.9 Å². The number of anilines is 1. The molecule has 0 unspecified atom stereocenters. The van der Waals surface area contributed by atoms with E-state index in [9.17, 15) is 0 Å². The van der Waals surface area contributed by atoms with Crippen molar-refractivity contribution in [3.63, 3.8) is 0 Å². The molecule has 0 aliphatic rings. The number of rotatable bonds is 6. The second-order valence-corrected chi connectivity index (χ2v) is 3.80. The zero-order valence-corrected chi connectivity index (χ0v) is 10.6. The Kier molecular flexibility index (Phi) is 4.11. The van der Waals surface area contributed by atoms with Gasteiger partial charge in [-0.1, -0.05) is 0 Å². The minimum atomic E-state index is 0.589. The summed E-state index contributed by atoms with van der Waals surface area (Å²) < 4.78 is 7.22. The number of hydrogen-bond acceptors (Lipinski definition) is 5. The quantitative estimate of drug-likeness (QED) is 0.837. The molecule has 0 bridgehead atoms. The van der Waals surface area contributed by atoms with Crippen LogP contribution in [0.5, 0.6) is 5.88 Å². The van der Waals surface area contributed by atoms with Crippen LogP contribution in [-0.2, 0) is 6.54 Å². The normalized spacial score (nSPS) is 10.3. The molecule has 2 aromatic heterocycles. The Balaban J connectivity index is 1.92. The number of hydrogen-bond donors (Lipinski definition) is 1. The van der Waals surface area contributed by atoms with Crippen LogP contribution < -0.4 is 10.1 Å². The van der Waals surface area contributed by atoms with Gasteiger partial charge < -0.3 is 10.1 Å². The van der Waals surface area contributed by atoms with E-state index in [-0.39, 0.29) is 0 Å². The van der Waals surface area contributed by atoms with E-state index in [2.05, 4.69) is 20.4 Å². The molecule has 2 rings (SSSR count). The van der Waals surface area contributed by atoms with Crippen molar-refractivity contribution < 1.29 is 4.74 Å². The molecule has 0 amide bonds. The minimum Gasteiger partial charge on any atom is -0.478 e. The average Bonchev–Trinajstić information content (AvgIpc) is 2.82. The molecule has 0 atom stereocenters. The Morgan fingerprint density at radius 3 is 3.00 bits per heavy atom. The lowest BCUT2D eigenvalue weighted by Gasteiger charge is -2.08. The van der Waals surface area contributed by atoms with E-state index >= 15 is 0 Å². The van der Waals surface area contributed by atoms with Crippen molar-refractivity contribution in [1.29, 1.82) is 0 Å². The summed E-state index contributed by atoms with van der Waals surface area (Å²) in [6.07, 6.45) is 3.68. The summed E-state index contributed by atoms with van der Waals surface area (Å²) in [6.45, 7) is 5.94. The molecule has 0 aliphatic carbocycles. The Morgan fingerprint density at radius 1 is 1.39 bits per heavy atom. The van der Waals surface area contributed by atoms with Crippen LogP contribution in [0.1, 0.15) is 12.6 Å². The summed E-state index contributed by atoms with van der Waals surface area (Å²) in [5.41, 5.74) is 0.884. The first-order valence-electron chi connectivity index (χ1n) is 5.97. The highest BCUT2D eigenvalue weighted by Crippen LogP contribution is 2.11. The predicted molar refractivity (Wildman–Crippen MR) is 68.7 cm³/mol. The van der Waals surface area contributed by atoms with Gasteiger partial charge in [-0.15, -0.1) is 0 Å². The fourth-order valence-corrected chi connectivity index (χ4v) is 1.56. The zero-order valence-electron chi connectivity index (χ0n) is 10.6. The molecule has 18 heavy (non-hydrogen) atoms. The van der Waals surface area contributed by atoms with Crippen molar-refractivity contribution in [2.75, 3.05) is 18.5 Å². The maximum absolute atomic E-state index is 5.37. The third kappa shape index (κ3) is 3.44. The molecule has 2 aromatic rings. The molecule has 0 aliphatic heterocycles. The Morgan fingerprint density at radius 2 is 2.28 bits per heavy atom. The number of nitrogens with zero attached hydrogens (tertiary/aromatic N) is 4. The lowest BCUT2D eigenvalue weighted by Crippen LogP contribution is -2.13. The highest BCUT2D eigenvalue weighted by atomic mass is 16.5. The van der Waals surface area contributed by atoms with Gasteiger partial charge in [0.1, 0.15) is 0 Å². The number of aromatic nitrogens is 4. The zero-order chi connectivity index (χ0) is 12.8. The van der Waals surface area contributed by atoms with Crippen LogP contribution in [0.2, 0.25) is 0 Å². The van der Waals surface area contributed by atoms with Gasteiger partial charge in [0, 0.05) is 30.7 Å². The van der Waals surface area contributed by atoms with Gasteiger partial charge in [-0.2, -0.15) is 10.1 Å². The van der Waals surface area contributed by atoms with E-state index < -0.39 is 0 Å². The van der Waals surface area contributed by atoms with Crippen molar-refractivity contribution in [3.8, 4) is 5.88 Å². The van der Waals surface area contributed by atoms with Gasteiger partial charge in [-0.3, -0.25) is 4.68 Å². The summed E-state index contributed by atoms with van der Waals surface area (Å²) >= 11 is 0. The van der Waals surface area contributed by atoms with Crippen molar-refractivity contribution >= 4 is 5.95 Å². The van der Waals surface area contributed by atoms with Crippen molar-refractivity contribution in [1.82, 2.24) is 19.7 Å². The smallest absolute Gasteiger partial charge is 0.226 e. The summed E-state index contributed by atoms with van der Waals surface area (Å²) in [6, 6.07) is 3.72. The summed E-state index contributed by atoms with van der Waals surface area (Å²) in [4.78, 5) is 8.57. The molecule has 6 heteroatoms. The summed E-state index contributed by atoms with van der Waals surface area (Å²) in [5.74, 6) is 1.19. The standard InChI is InChI=1S/C12H17N5O/c1-3-18-11-9-10(2)15-12(16-11)13-6-8-17-7-4-5-14-17/h4-5,7,9H,3,6,8H2,1-2H3,(H,13,15,16). The summed E-state index contributed by atoms with van der Waals surface area (Å²) in [7, 11) is 0. The van der Waals surface area contributed by atoms with Gasteiger partial charge in [0.25, 0.3) is 0 Å². The van der Waals surface area contributed by atoms with Crippen LogP contribution in [0.4, 0.5) is 5.95 Å². The second-order valence-electron chi connectivity index (χ2n) is 3.80. The van der Waals surface area contributed by atoms with Gasteiger partial charge >= 0.3 is 0 Å². The van der Waals surface area contributed by atoms with Gasteiger partial charge in [0.15, 0.2) is 0 Å². The first-order chi connectivity index (χ1) is 8.78. The Bertz CT molecular complexity index is 483. The lowest BCUT2D eigenvalue weighted by molar-refractivity contribution is 0.326. The molecule has 0 aromatic carbocycles. The molecule has 6 nitrogen and oxygen atoms in total. The second kappa shape index (κ2) is 6.00. The molecule has 2 heterocycles. The van der Waals surface area contributed by atoms with Crippen LogP contribution in [0.15, 0.2) is 24.5 Å². The highest BCUT2D eigenvalue weighted by molar-refractivity contribution is 5.30. The number of aryl methyl sites for hydroxylation is 1. The number of ether oxygens (including phenoxy) is 1. The third-order valence-electron chi connectivity index (χ3n) is 2.31. The van der Waals surface area contributed by atoms with Crippen molar-refractivity contribution in [3.05, 3.63) is 30.2 Å². The lowest BCUT2D eigenvalue weighted by atomic mass is 10.4. The minimum absolute atomic E-state index is 0.589. The maximum atomic E-state index is 5.37. The van der Waals surface area contributed by atoms with E-state index in [4.69, 9.17) is 4.74 Å². The molecule has 0 radical (unpaired) electrons. The number of nitrogens with one attached hydrogen (secondary N) is 1. The van der Waals surface area contributed by atoms with Gasteiger partial charge in [0.2, 0.25) is 11.8 Å². The molecule has 0 saturated heterocycles. The van der Waals surface area contributed by atoms with E-state index in [0.717, 1.165) is 18.8 Å². The van der Waals surface area contributed by atoms with Crippen LogP contribution in [0.3, 0.4) is 0 Å². The van der Waals surface area contributed by atoms with Crippen LogP contribution in [0.25, 0.3) is 0 Å². The van der Waals surface area contributed by atoms with Crippen LogP contribution in [0, 0.1) is 6.92 Å².